The summed E-state index contributed by atoms with van der Waals surface area (Å²) in [6.07, 6.45) is 6.05. The first-order valence-corrected chi connectivity index (χ1v) is 26.5. The van der Waals surface area contributed by atoms with E-state index in [4.69, 9.17) is 77.0 Å². The van der Waals surface area contributed by atoms with E-state index in [-0.39, 0.29) is 21.7 Å². The van der Waals surface area contributed by atoms with Gasteiger partial charge in [0, 0.05) is 71.8 Å². The molecule has 0 amide bonds. The van der Waals surface area contributed by atoms with Gasteiger partial charge in [0.15, 0.2) is 0 Å². The zero-order valence-electron chi connectivity index (χ0n) is 46.8. The van der Waals surface area contributed by atoms with E-state index in [1.165, 1.54) is 0 Å². The molecule has 15 nitrogen and oxygen atoms in total. The summed E-state index contributed by atoms with van der Waals surface area (Å²) >= 11 is 0. The molecule has 4 unspecified atom stereocenters. The monoisotopic (exact) mass is 989 g/mol. The Hall–Kier alpha value is -0.600. The normalized spacial score (nSPS) is 32.8. The van der Waals surface area contributed by atoms with Crippen LogP contribution in [0.4, 0.5) is 0 Å². The lowest BCUT2D eigenvalue weighted by molar-refractivity contribution is -0.0961. The second-order valence-corrected chi connectivity index (χ2v) is 27.0. The van der Waals surface area contributed by atoms with E-state index in [0.717, 1.165) is 25.7 Å². The fourth-order valence-corrected chi connectivity index (χ4v) is 12.6. The van der Waals surface area contributed by atoms with Crippen LogP contribution in [0.3, 0.4) is 0 Å². The van der Waals surface area contributed by atoms with Crippen molar-refractivity contribution < 1.29 is 42.6 Å². The Kier molecular flexibility index (Phi) is 27.6. The van der Waals surface area contributed by atoms with Crippen LogP contribution in [0.2, 0.25) is 0 Å². The molecule has 12 N–H and O–H groups in total. The SMILES string of the molecule is CC(C)(C)CC1(CN)COCCOCCOCC(CN)(CC(C)(C)C)CC2(CN)COCCOCCOCC(CN)(C1)CC(CN)(CC(C)(C)C)COCCOCCOCC(CN)(CC(C)(C)C)C2. The minimum absolute atomic E-state index is 0.0467. The molecule has 2 fully saturated rings. The first-order valence-electron chi connectivity index (χ1n) is 26.5. The standard InChI is InChI=1S/C54H112N6O9/c1-45(2,3)25-49(33-55)29-53(37-59)30-50(34-56,26-46(4,5)6)40-65-21-15-62-16-22-67-42-52(36-58,28-48(10,11)12)32-54(38-60,44-69-24-18-63-17-23-68-43-53)31-51(35-57,27-47(7,8)9)41-66-20-14-61-13-19-64-39-49/h13-44,55-60H2,1-12H3. The summed E-state index contributed by atoms with van der Waals surface area (Å²) in [5, 5.41) is 0. The van der Waals surface area contributed by atoms with Crippen LogP contribution >= 0.6 is 0 Å². The van der Waals surface area contributed by atoms with Crippen molar-refractivity contribution in [1.29, 1.82) is 0 Å². The molecule has 2 bridgehead atoms. The van der Waals surface area contributed by atoms with Gasteiger partial charge in [-0.15, -0.1) is 0 Å². The Balaban J connectivity index is 2.79. The van der Waals surface area contributed by atoms with Crippen LogP contribution in [0.1, 0.15) is 134 Å². The second kappa shape index (κ2) is 29.5. The molecule has 2 heterocycles. The predicted molar refractivity (Wildman–Crippen MR) is 281 cm³/mol. The average Bonchev–Trinajstić information content (AvgIpc) is 3.24. The van der Waals surface area contributed by atoms with Gasteiger partial charge in [-0.2, -0.15) is 0 Å². The zero-order valence-corrected chi connectivity index (χ0v) is 46.8. The second-order valence-electron chi connectivity index (χ2n) is 27.0. The van der Waals surface area contributed by atoms with Gasteiger partial charge in [-0.25, -0.2) is 0 Å². The molecule has 0 aliphatic carbocycles. The van der Waals surface area contributed by atoms with E-state index in [0.29, 0.717) is 184 Å². The fourth-order valence-electron chi connectivity index (χ4n) is 12.6. The van der Waals surface area contributed by atoms with E-state index in [9.17, 15) is 0 Å². The van der Waals surface area contributed by atoms with Crippen molar-refractivity contribution in [2.75, 3.05) is 158 Å². The number of nitrogens with two attached hydrogens (primary N) is 6. The van der Waals surface area contributed by atoms with Crippen molar-refractivity contribution in [2.45, 2.75) is 134 Å². The van der Waals surface area contributed by atoms with E-state index >= 15 is 0 Å². The summed E-state index contributed by atoms with van der Waals surface area (Å²) < 4.78 is 58.2. The van der Waals surface area contributed by atoms with Crippen LogP contribution in [-0.4, -0.2) is 158 Å². The van der Waals surface area contributed by atoms with Gasteiger partial charge in [-0.05, 0) is 73.0 Å². The van der Waals surface area contributed by atoms with Gasteiger partial charge in [-0.1, -0.05) is 83.1 Å². The van der Waals surface area contributed by atoms with Gasteiger partial charge < -0.3 is 77.0 Å². The zero-order chi connectivity index (χ0) is 52.0. The van der Waals surface area contributed by atoms with Crippen molar-refractivity contribution >= 4 is 0 Å². The molecule has 0 aromatic carbocycles. The Morgan fingerprint density at radius 1 is 0.261 bits per heavy atom. The largest absolute Gasteiger partial charge is 0.378 e. The summed E-state index contributed by atoms with van der Waals surface area (Å²) in [6.45, 7) is 37.1. The van der Waals surface area contributed by atoms with Gasteiger partial charge in [0.25, 0.3) is 0 Å². The highest BCUT2D eigenvalue weighted by atomic mass is 16.6. The van der Waals surface area contributed by atoms with E-state index < -0.39 is 32.5 Å². The first-order chi connectivity index (χ1) is 32.1. The van der Waals surface area contributed by atoms with Crippen LogP contribution in [-0.2, 0) is 42.6 Å². The van der Waals surface area contributed by atoms with E-state index in [1.807, 2.05) is 0 Å². The van der Waals surface area contributed by atoms with E-state index in [1.54, 1.807) is 0 Å². The van der Waals surface area contributed by atoms with Gasteiger partial charge in [0.2, 0.25) is 0 Å². The van der Waals surface area contributed by atoms with E-state index in [2.05, 4.69) is 83.1 Å². The highest BCUT2D eigenvalue weighted by Crippen LogP contribution is 2.51. The average molecular weight is 990 g/mol. The molecule has 0 spiro atoms. The molecular weight excluding hydrogens is 877 g/mol. The maximum Gasteiger partial charge on any atom is 0.0701 e. The molecule has 0 saturated carbocycles. The quantitative estimate of drug-likeness (QED) is 0.135. The smallest absolute Gasteiger partial charge is 0.0701 e. The van der Waals surface area contributed by atoms with Crippen LogP contribution in [0, 0.1) is 54.1 Å². The number of hydrogen-bond donors (Lipinski definition) is 6. The molecule has 0 aromatic heterocycles. The molecule has 2 rings (SSSR count). The predicted octanol–water partition coefficient (Wildman–Crippen LogP) is 6.14. The number of ether oxygens (including phenoxy) is 9. The van der Waals surface area contributed by atoms with Crippen molar-refractivity contribution in [3.05, 3.63) is 0 Å². The Labute approximate surface area is 422 Å². The number of fused-ring (bicyclic) bond motifs is 10. The highest BCUT2D eigenvalue weighted by Gasteiger charge is 2.50. The summed E-state index contributed by atoms with van der Waals surface area (Å²) in [4.78, 5) is 0. The molecule has 15 heteroatoms. The third kappa shape index (κ3) is 25.0. The topological polar surface area (TPSA) is 239 Å². The highest BCUT2D eigenvalue weighted by molar-refractivity contribution is 5.01. The fraction of sp³-hybridized carbons (Fsp3) is 1.00. The van der Waals surface area contributed by atoms with Crippen LogP contribution in [0.25, 0.3) is 0 Å². The van der Waals surface area contributed by atoms with Gasteiger partial charge in [-0.3, -0.25) is 0 Å². The molecule has 0 radical (unpaired) electrons. The van der Waals surface area contributed by atoms with Gasteiger partial charge >= 0.3 is 0 Å². The third-order valence-electron chi connectivity index (χ3n) is 13.9. The molecule has 2 saturated heterocycles. The summed E-state index contributed by atoms with van der Waals surface area (Å²) in [6, 6.07) is 0. The van der Waals surface area contributed by atoms with Crippen LogP contribution < -0.4 is 34.4 Å². The molecular formula is C54H112N6O9. The minimum atomic E-state index is -0.517. The van der Waals surface area contributed by atoms with Crippen molar-refractivity contribution in [3.8, 4) is 0 Å². The molecule has 2 aliphatic rings. The molecule has 0 aromatic rings. The molecule has 412 valence electrons. The van der Waals surface area contributed by atoms with Crippen LogP contribution in [0.5, 0.6) is 0 Å². The molecule has 2 aliphatic heterocycles. The molecule has 69 heavy (non-hydrogen) atoms. The lowest BCUT2D eigenvalue weighted by atomic mass is 9.59. The summed E-state index contributed by atoms with van der Waals surface area (Å²) in [7, 11) is 0. The summed E-state index contributed by atoms with van der Waals surface area (Å²) in [5.41, 5.74) is 38.7. The Morgan fingerprint density at radius 2 is 0.435 bits per heavy atom. The van der Waals surface area contributed by atoms with Gasteiger partial charge in [0.05, 0.1) is 119 Å². The maximum absolute atomic E-state index is 7.01. The molecule has 4 atom stereocenters. The Morgan fingerprint density at radius 3 is 0.594 bits per heavy atom. The van der Waals surface area contributed by atoms with Crippen molar-refractivity contribution in [1.82, 2.24) is 0 Å². The minimum Gasteiger partial charge on any atom is -0.378 e. The number of rotatable bonds is 10. The number of hydrogen-bond acceptors (Lipinski definition) is 15. The third-order valence-corrected chi connectivity index (χ3v) is 13.9. The maximum atomic E-state index is 7.01. The van der Waals surface area contributed by atoms with Crippen molar-refractivity contribution in [2.24, 2.45) is 88.6 Å². The van der Waals surface area contributed by atoms with Gasteiger partial charge in [0.1, 0.15) is 0 Å². The Bertz CT molecular complexity index is 1190. The first kappa shape index (κ1) is 64.5. The summed E-state index contributed by atoms with van der Waals surface area (Å²) in [5.74, 6) is 0. The van der Waals surface area contributed by atoms with Crippen molar-refractivity contribution in [3.63, 3.8) is 0 Å². The lowest BCUT2D eigenvalue weighted by Gasteiger charge is -2.50. The van der Waals surface area contributed by atoms with Crippen LogP contribution in [0.15, 0.2) is 0 Å². The lowest BCUT2D eigenvalue weighted by Crippen LogP contribution is -2.52.